The molecule has 0 saturated carbocycles. The van der Waals surface area contributed by atoms with Crippen molar-refractivity contribution in [2.45, 2.75) is 17.9 Å². The third-order valence-corrected chi connectivity index (χ3v) is 6.84. The molecule has 0 aliphatic rings. The molecule has 2 aromatic carbocycles. The molecule has 0 bridgehead atoms. The summed E-state index contributed by atoms with van der Waals surface area (Å²) in [7, 11) is -3.84. The number of benzene rings is 2. The van der Waals surface area contributed by atoms with Crippen LogP contribution in [0.5, 0.6) is 0 Å². The summed E-state index contributed by atoms with van der Waals surface area (Å²) >= 11 is 1.53. The largest absolute Gasteiger partial charge is 0.449 e. The van der Waals surface area contributed by atoms with Crippen molar-refractivity contribution in [3.05, 3.63) is 89.9 Å². The Morgan fingerprint density at radius 3 is 2.44 bits per heavy atom. The van der Waals surface area contributed by atoms with E-state index in [4.69, 9.17) is 9.88 Å². The first-order valence-electron chi connectivity index (χ1n) is 10.7. The molecule has 4 aromatic rings. The molecule has 0 aliphatic carbocycles. The van der Waals surface area contributed by atoms with Crippen molar-refractivity contribution in [1.82, 2.24) is 9.78 Å². The molecule has 4 rings (SSSR count). The fourth-order valence-electron chi connectivity index (χ4n) is 3.22. The Balaban J connectivity index is 1.43. The molecule has 2 heterocycles. The van der Waals surface area contributed by atoms with Crippen molar-refractivity contribution in [2.75, 3.05) is 5.32 Å². The Kier molecular flexibility index (Phi) is 7.44. The van der Waals surface area contributed by atoms with E-state index in [0.29, 0.717) is 16.9 Å². The minimum atomic E-state index is -3.84. The first-order chi connectivity index (χ1) is 17.2. The lowest BCUT2D eigenvalue weighted by atomic mass is 10.2. The normalized spacial score (nSPS) is 12.4. The number of carbonyl (C=O) groups excluding carboxylic acids is 2. The maximum Gasteiger partial charge on any atom is 0.331 e. The summed E-state index contributed by atoms with van der Waals surface area (Å²) in [5.74, 6) is -1.27. The van der Waals surface area contributed by atoms with Crippen molar-refractivity contribution in [1.29, 1.82) is 0 Å². The lowest BCUT2D eigenvalue weighted by Crippen LogP contribution is -2.29. The molecule has 0 aliphatic heterocycles. The smallest absolute Gasteiger partial charge is 0.331 e. The van der Waals surface area contributed by atoms with E-state index < -0.39 is 28.0 Å². The Bertz CT molecular complexity index is 1490. The molecule has 1 unspecified atom stereocenters. The monoisotopic (exact) mass is 522 g/mol. The van der Waals surface area contributed by atoms with Crippen LogP contribution in [-0.2, 0) is 24.3 Å². The molecule has 0 saturated heterocycles. The highest BCUT2D eigenvalue weighted by Crippen LogP contribution is 2.28. The van der Waals surface area contributed by atoms with Crippen LogP contribution in [0.2, 0.25) is 0 Å². The van der Waals surface area contributed by atoms with Crippen molar-refractivity contribution < 1.29 is 22.7 Å². The average Bonchev–Trinajstić information content (AvgIpc) is 3.53. The number of rotatable bonds is 8. The number of thiophene rings is 1. The number of primary sulfonamides is 1. The van der Waals surface area contributed by atoms with Crippen LogP contribution in [0.1, 0.15) is 12.5 Å². The number of sulfonamides is 1. The van der Waals surface area contributed by atoms with Gasteiger partial charge >= 0.3 is 5.97 Å². The third-order valence-electron chi connectivity index (χ3n) is 5.03. The fourth-order valence-corrected chi connectivity index (χ4v) is 4.47. The maximum atomic E-state index is 12.4. The summed E-state index contributed by atoms with van der Waals surface area (Å²) in [6, 6.07) is 18.8. The number of anilines is 1. The van der Waals surface area contributed by atoms with Gasteiger partial charge < -0.3 is 10.1 Å². The van der Waals surface area contributed by atoms with Gasteiger partial charge in [0.1, 0.15) is 5.69 Å². The zero-order valence-corrected chi connectivity index (χ0v) is 20.7. The van der Waals surface area contributed by atoms with E-state index in [-0.39, 0.29) is 4.90 Å². The average molecular weight is 523 g/mol. The maximum absolute atomic E-state index is 12.4. The quantitative estimate of drug-likeness (QED) is 0.267. The molecule has 184 valence electrons. The summed E-state index contributed by atoms with van der Waals surface area (Å²) in [4.78, 5) is 25.7. The predicted molar refractivity (Wildman–Crippen MR) is 138 cm³/mol. The number of nitrogens with one attached hydrogen (secondary N) is 1. The summed E-state index contributed by atoms with van der Waals surface area (Å²) in [5.41, 5.74) is 2.64. The van der Waals surface area contributed by atoms with Crippen LogP contribution >= 0.6 is 11.3 Å². The SMILES string of the molecule is CC(OC(=O)C=Cc1cn(-c2ccccc2)nc1-c1cccs1)C(=O)Nc1ccc(S(N)(=O)=O)cc1. The molecule has 11 heteroatoms. The molecular formula is C25H22N4O5S2. The topological polar surface area (TPSA) is 133 Å². The number of ether oxygens (including phenoxy) is 1. The van der Waals surface area contributed by atoms with Crippen LogP contribution in [0.4, 0.5) is 5.69 Å². The number of nitrogens with two attached hydrogens (primary N) is 1. The molecule has 1 atom stereocenters. The van der Waals surface area contributed by atoms with E-state index in [9.17, 15) is 18.0 Å². The second kappa shape index (κ2) is 10.7. The zero-order valence-electron chi connectivity index (χ0n) is 19.1. The van der Waals surface area contributed by atoms with Gasteiger partial charge in [-0.25, -0.2) is 23.0 Å². The number of nitrogens with zero attached hydrogens (tertiary/aromatic N) is 2. The summed E-state index contributed by atoms with van der Waals surface area (Å²) in [6.07, 6.45) is 3.56. The third kappa shape index (κ3) is 6.13. The molecule has 36 heavy (non-hydrogen) atoms. The Morgan fingerprint density at radius 2 is 1.81 bits per heavy atom. The van der Waals surface area contributed by atoms with Gasteiger partial charge in [-0.15, -0.1) is 11.3 Å². The minimum Gasteiger partial charge on any atom is -0.449 e. The number of hydrogen-bond donors (Lipinski definition) is 2. The second-order valence-corrected chi connectivity index (χ2v) is 10.2. The van der Waals surface area contributed by atoms with Gasteiger partial charge in [0.2, 0.25) is 10.0 Å². The Hall–Kier alpha value is -4.06. The van der Waals surface area contributed by atoms with Gasteiger partial charge in [-0.05, 0) is 60.8 Å². The van der Waals surface area contributed by atoms with E-state index in [1.165, 1.54) is 48.6 Å². The molecule has 0 radical (unpaired) electrons. The lowest BCUT2D eigenvalue weighted by molar-refractivity contribution is -0.148. The standard InChI is InChI=1S/C25H22N4O5S2/c1-17(25(31)27-19-10-12-21(13-11-19)36(26,32)33)34-23(30)14-9-18-16-29(20-6-3-2-4-7-20)28-24(18)22-8-5-15-35-22/h2-17H,1H3,(H,27,31)(H2,26,32,33). The molecule has 0 fully saturated rings. The van der Waals surface area contributed by atoms with Crippen LogP contribution in [0.3, 0.4) is 0 Å². The van der Waals surface area contributed by atoms with Crippen molar-refractivity contribution >= 4 is 45.0 Å². The van der Waals surface area contributed by atoms with E-state index in [1.54, 1.807) is 10.8 Å². The summed E-state index contributed by atoms with van der Waals surface area (Å²) < 4.78 is 29.6. The zero-order chi connectivity index (χ0) is 25.7. The van der Waals surface area contributed by atoms with Gasteiger partial charge in [-0.3, -0.25) is 4.79 Å². The molecule has 2 aromatic heterocycles. The number of hydrogen-bond acceptors (Lipinski definition) is 7. The predicted octanol–water partition coefficient (Wildman–Crippen LogP) is 3.83. The van der Waals surface area contributed by atoms with Crippen molar-refractivity contribution in [2.24, 2.45) is 5.14 Å². The number of esters is 1. The van der Waals surface area contributed by atoms with Crippen LogP contribution in [-0.4, -0.2) is 36.2 Å². The Labute approximate surface area is 211 Å². The van der Waals surface area contributed by atoms with Crippen LogP contribution in [0, 0.1) is 0 Å². The first kappa shape index (κ1) is 25.0. The lowest BCUT2D eigenvalue weighted by Gasteiger charge is -2.12. The molecule has 1 amide bonds. The van der Waals surface area contributed by atoms with Gasteiger partial charge in [-0.1, -0.05) is 24.3 Å². The highest BCUT2D eigenvalue weighted by molar-refractivity contribution is 7.89. The van der Waals surface area contributed by atoms with Gasteiger partial charge in [0, 0.05) is 23.5 Å². The van der Waals surface area contributed by atoms with Gasteiger partial charge in [-0.2, -0.15) is 5.10 Å². The number of carbonyl (C=O) groups is 2. The van der Waals surface area contributed by atoms with Gasteiger partial charge in [0.05, 0.1) is 15.5 Å². The van der Waals surface area contributed by atoms with Crippen LogP contribution in [0.15, 0.2) is 89.3 Å². The van der Waals surface area contributed by atoms with Crippen LogP contribution < -0.4 is 10.5 Å². The fraction of sp³-hybridized carbons (Fsp3) is 0.0800. The van der Waals surface area contributed by atoms with Gasteiger partial charge in [0.25, 0.3) is 5.91 Å². The number of para-hydroxylation sites is 1. The van der Waals surface area contributed by atoms with E-state index >= 15 is 0 Å². The summed E-state index contributed by atoms with van der Waals surface area (Å²) in [5, 5.41) is 14.2. The molecule has 3 N–H and O–H groups in total. The molecule has 9 nitrogen and oxygen atoms in total. The number of aromatic nitrogens is 2. The number of amides is 1. The molecule has 0 spiro atoms. The molecular weight excluding hydrogens is 500 g/mol. The van der Waals surface area contributed by atoms with Crippen molar-refractivity contribution in [3.8, 4) is 16.3 Å². The summed E-state index contributed by atoms with van der Waals surface area (Å²) in [6.45, 7) is 1.43. The second-order valence-electron chi connectivity index (χ2n) is 7.66. The van der Waals surface area contributed by atoms with Crippen molar-refractivity contribution in [3.63, 3.8) is 0 Å². The first-order valence-corrected chi connectivity index (χ1v) is 13.1. The van der Waals surface area contributed by atoms with E-state index in [0.717, 1.165) is 10.6 Å². The highest BCUT2D eigenvalue weighted by atomic mass is 32.2. The van der Waals surface area contributed by atoms with Gasteiger partial charge in [0.15, 0.2) is 6.10 Å². The minimum absolute atomic E-state index is 0.0809. The Morgan fingerprint density at radius 1 is 1.08 bits per heavy atom. The van der Waals surface area contributed by atoms with E-state index in [1.807, 2.05) is 54.0 Å². The highest BCUT2D eigenvalue weighted by Gasteiger charge is 2.18. The van der Waals surface area contributed by atoms with Crippen LogP contribution in [0.25, 0.3) is 22.3 Å². The van der Waals surface area contributed by atoms with E-state index in [2.05, 4.69) is 10.4 Å².